The van der Waals surface area contributed by atoms with Crippen LogP contribution in [-0.4, -0.2) is 19.8 Å². The number of ether oxygens (including phenoxy) is 3. The summed E-state index contributed by atoms with van der Waals surface area (Å²) in [5.41, 5.74) is 2.13. The summed E-state index contributed by atoms with van der Waals surface area (Å²) in [4.78, 5) is 12.4. The monoisotopic (exact) mass is 311 g/mol. The summed E-state index contributed by atoms with van der Waals surface area (Å²) in [6.45, 7) is 3.93. The number of hydrogen-bond donors (Lipinski definition) is 1. The van der Waals surface area contributed by atoms with Gasteiger partial charge < -0.3 is 19.5 Å². The summed E-state index contributed by atoms with van der Waals surface area (Å²) < 4.78 is 15.9. The first kappa shape index (κ1) is 15.0. The molecule has 1 heterocycles. The molecule has 1 aliphatic heterocycles. The molecular formula is C18H17NO4. The number of hydrogen-bond acceptors (Lipinski definition) is 4. The zero-order valence-electron chi connectivity index (χ0n) is 12.8. The number of benzene rings is 2. The molecular weight excluding hydrogens is 294 g/mol. The van der Waals surface area contributed by atoms with Crippen molar-refractivity contribution in [2.24, 2.45) is 0 Å². The standard InChI is InChI=1S/C18H17NO4/c1-3-4-12-9-13(5-7-15(12)21-2)18(20)19-14-6-8-16-17(10-14)23-11-22-16/h3,5-10H,1,4,11H2,2H3,(H,19,20). The predicted molar refractivity (Wildman–Crippen MR) is 87.4 cm³/mol. The van der Waals surface area contributed by atoms with Gasteiger partial charge in [-0.3, -0.25) is 4.79 Å². The van der Waals surface area contributed by atoms with Crippen molar-refractivity contribution in [1.82, 2.24) is 0 Å². The Hall–Kier alpha value is -2.95. The van der Waals surface area contributed by atoms with Crippen LogP contribution in [0.5, 0.6) is 17.2 Å². The lowest BCUT2D eigenvalue weighted by Gasteiger charge is -2.10. The second-order valence-electron chi connectivity index (χ2n) is 5.04. The topological polar surface area (TPSA) is 56.8 Å². The second-order valence-corrected chi connectivity index (χ2v) is 5.04. The highest BCUT2D eigenvalue weighted by Gasteiger charge is 2.15. The quantitative estimate of drug-likeness (QED) is 0.860. The van der Waals surface area contributed by atoms with E-state index < -0.39 is 0 Å². The van der Waals surface area contributed by atoms with Crippen molar-refractivity contribution in [3.05, 3.63) is 60.2 Å². The molecule has 0 saturated carbocycles. The fraction of sp³-hybridized carbons (Fsp3) is 0.167. The van der Waals surface area contributed by atoms with Crippen molar-refractivity contribution in [1.29, 1.82) is 0 Å². The van der Waals surface area contributed by atoms with Crippen LogP contribution < -0.4 is 19.5 Å². The molecule has 2 aromatic carbocycles. The summed E-state index contributed by atoms with van der Waals surface area (Å²) in [5.74, 6) is 1.85. The average Bonchev–Trinajstić information content (AvgIpc) is 3.02. The molecule has 0 aromatic heterocycles. The molecule has 0 unspecified atom stereocenters. The summed E-state index contributed by atoms with van der Waals surface area (Å²) in [6, 6.07) is 10.6. The zero-order valence-corrected chi connectivity index (χ0v) is 12.8. The maximum absolute atomic E-state index is 12.4. The first-order valence-corrected chi connectivity index (χ1v) is 7.20. The van der Waals surface area contributed by atoms with Gasteiger partial charge in [-0.05, 0) is 42.3 Å². The van der Waals surface area contributed by atoms with Crippen LogP contribution in [0.15, 0.2) is 49.1 Å². The average molecular weight is 311 g/mol. The van der Waals surface area contributed by atoms with Gasteiger partial charge in [0.25, 0.3) is 5.91 Å². The SMILES string of the molecule is C=CCc1cc(C(=O)Nc2ccc3c(c2)OCO3)ccc1OC. The van der Waals surface area contributed by atoms with Gasteiger partial charge in [0.2, 0.25) is 6.79 Å². The minimum absolute atomic E-state index is 0.197. The third-order valence-corrected chi connectivity index (χ3v) is 3.54. The number of allylic oxidation sites excluding steroid dienone is 1. The molecule has 5 nitrogen and oxygen atoms in total. The van der Waals surface area contributed by atoms with Gasteiger partial charge in [0.15, 0.2) is 11.5 Å². The van der Waals surface area contributed by atoms with Crippen LogP contribution in [0.3, 0.4) is 0 Å². The van der Waals surface area contributed by atoms with E-state index in [1.165, 1.54) is 0 Å². The highest BCUT2D eigenvalue weighted by atomic mass is 16.7. The number of carbonyl (C=O) groups is 1. The van der Waals surface area contributed by atoms with Gasteiger partial charge in [-0.1, -0.05) is 6.08 Å². The molecule has 0 aliphatic carbocycles. The Morgan fingerprint density at radius 3 is 2.87 bits per heavy atom. The lowest BCUT2D eigenvalue weighted by atomic mass is 10.1. The molecule has 0 bridgehead atoms. The van der Waals surface area contributed by atoms with Gasteiger partial charge in [0, 0.05) is 17.3 Å². The number of amides is 1. The lowest BCUT2D eigenvalue weighted by molar-refractivity contribution is 0.102. The van der Waals surface area contributed by atoms with Crippen LogP contribution in [0.2, 0.25) is 0 Å². The Morgan fingerprint density at radius 1 is 1.26 bits per heavy atom. The molecule has 1 amide bonds. The van der Waals surface area contributed by atoms with E-state index in [0.717, 1.165) is 11.3 Å². The molecule has 0 saturated heterocycles. The van der Waals surface area contributed by atoms with Crippen LogP contribution in [0, 0.1) is 0 Å². The molecule has 0 spiro atoms. The highest BCUT2D eigenvalue weighted by Crippen LogP contribution is 2.34. The third kappa shape index (κ3) is 3.13. The molecule has 118 valence electrons. The summed E-state index contributed by atoms with van der Waals surface area (Å²) >= 11 is 0. The maximum atomic E-state index is 12.4. The van der Waals surface area contributed by atoms with Gasteiger partial charge in [-0.25, -0.2) is 0 Å². The molecule has 0 atom stereocenters. The van der Waals surface area contributed by atoms with E-state index in [1.54, 1.807) is 43.5 Å². The van der Waals surface area contributed by atoms with Gasteiger partial charge in [0.05, 0.1) is 7.11 Å². The molecule has 2 aromatic rings. The van der Waals surface area contributed by atoms with Crippen molar-refractivity contribution in [3.63, 3.8) is 0 Å². The summed E-state index contributed by atoms with van der Waals surface area (Å²) in [6.07, 6.45) is 2.41. The van der Waals surface area contributed by atoms with Gasteiger partial charge >= 0.3 is 0 Å². The summed E-state index contributed by atoms with van der Waals surface area (Å²) in [5, 5.41) is 2.85. The van der Waals surface area contributed by atoms with E-state index in [2.05, 4.69) is 11.9 Å². The minimum Gasteiger partial charge on any atom is -0.496 e. The van der Waals surface area contributed by atoms with Crippen molar-refractivity contribution < 1.29 is 19.0 Å². The molecule has 1 N–H and O–H groups in total. The second kappa shape index (κ2) is 6.44. The van der Waals surface area contributed by atoms with E-state index >= 15 is 0 Å². The first-order valence-electron chi connectivity index (χ1n) is 7.20. The first-order chi connectivity index (χ1) is 11.2. The van der Waals surface area contributed by atoms with E-state index in [0.29, 0.717) is 29.2 Å². The molecule has 0 fully saturated rings. The molecule has 0 radical (unpaired) electrons. The Kier molecular flexibility index (Phi) is 4.19. The third-order valence-electron chi connectivity index (χ3n) is 3.54. The minimum atomic E-state index is -0.197. The maximum Gasteiger partial charge on any atom is 0.255 e. The molecule has 1 aliphatic rings. The van der Waals surface area contributed by atoms with Crippen molar-refractivity contribution in [2.75, 3.05) is 19.2 Å². The lowest BCUT2D eigenvalue weighted by Crippen LogP contribution is -2.12. The molecule has 5 heteroatoms. The summed E-state index contributed by atoms with van der Waals surface area (Å²) in [7, 11) is 1.61. The Morgan fingerprint density at radius 2 is 2.09 bits per heavy atom. The van der Waals surface area contributed by atoms with Gasteiger partial charge in [-0.15, -0.1) is 6.58 Å². The largest absolute Gasteiger partial charge is 0.496 e. The van der Waals surface area contributed by atoms with Crippen LogP contribution in [0.25, 0.3) is 0 Å². The fourth-order valence-corrected chi connectivity index (χ4v) is 2.41. The van der Waals surface area contributed by atoms with Crippen molar-refractivity contribution >= 4 is 11.6 Å². The number of nitrogens with one attached hydrogen (secondary N) is 1. The van der Waals surface area contributed by atoms with E-state index in [9.17, 15) is 4.79 Å². The van der Waals surface area contributed by atoms with Gasteiger partial charge in [-0.2, -0.15) is 0 Å². The van der Waals surface area contributed by atoms with Crippen molar-refractivity contribution in [3.8, 4) is 17.2 Å². The Balaban J connectivity index is 1.80. The Labute approximate surface area is 134 Å². The smallest absolute Gasteiger partial charge is 0.255 e. The molecule has 23 heavy (non-hydrogen) atoms. The Bertz CT molecular complexity index is 755. The van der Waals surface area contributed by atoms with E-state index in [-0.39, 0.29) is 12.7 Å². The van der Waals surface area contributed by atoms with E-state index in [4.69, 9.17) is 14.2 Å². The zero-order chi connectivity index (χ0) is 16.2. The van der Waals surface area contributed by atoms with Gasteiger partial charge in [0.1, 0.15) is 5.75 Å². The van der Waals surface area contributed by atoms with Crippen LogP contribution >= 0.6 is 0 Å². The number of rotatable bonds is 5. The molecule has 3 rings (SSSR count). The number of anilines is 1. The number of methoxy groups -OCH3 is 1. The van der Waals surface area contributed by atoms with Crippen molar-refractivity contribution in [2.45, 2.75) is 6.42 Å². The van der Waals surface area contributed by atoms with Crippen LogP contribution in [0.1, 0.15) is 15.9 Å². The number of carbonyl (C=O) groups excluding carboxylic acids is 1. The fourth-order valence-electron chi connectivity index (χ4n) is 2.41. The highest BCUT2D eigenvalue weighted by molar-refractivity contribution is 6.04. The van der Waals surface area contributed by atoms with Crippen LogP contribution in [-0.2, 0) is 6.42 Å². The van der Waals surface area contributed by atoms with Crippen LogP contribution in [0.4, 0.5) is 5.69 Å². The number of fused-ring (bicyclic) bond motifs is 1. The van der Waals surface area contributed by atoms with E-state index in [1.807, 2.05) is 6.07 Å². The predicted octanol–water partition coefficient (Wildman–Crippen LogP) is 3.40. The normalized spacial score (nSPS) is 11.9.